The smallest absolute Gasteiger partial charge is 0.278 e. The number of nitrogens with zero attached hydrogens (tertiary/aromatic N) is 2. The first-order chi connectivity index (χ1) is 14.3. The fraction of sp³-hybridized carbons (Fsp3) is 0.652. The van der Waals surface area contributed by atoms with E-state index in [1.165, 1.54) is 19.3 Å². The van der Waals surface area contributed by atoms with Crippen molar-refractivity contribution in [3.63, 3.8) is 0 Å². The van der Waals surface area contributed by atoms with Gasteiger partial charge in [-0.3, -0.25) is 14.5 Å². The fourth-order valence-corrected chi connectivity index (χ4v) is 5.00. The number of nitrogens with one attached hydrogen (secondary N) is 2. The Morgan fingerprint density at radius 1 is 1.17 bits per heavy atom. The number of fused-ring (bicyclic) bond motifs is 1. The van der Waals surface area contributed by atoms with Crippen molar-refractivity contribution < 1.29 is 14.3 Å². The average Bonchev–Trinajstić information content (AvgIpc) is 2.74. The van der Waals surface area contributed by atoms with E-state index in [0.29, 0.717) is 18.0 Å². The minimum atomic E-state index is -1.57. The molecule has 1 aromatic carbocycles. The number of ether oxygens (including phenoxy) is 1. The highest BCUT2D eigenvalue weighted by Gasteiger charge is 2.48. The second-order valence-corrected chi connectivity index (χ2v) is 9.35. The minimum absolute atomic E-state index is 0.0221. The summed E-state index contributed by atoms with van der Waals surface area (Å²) in [6.45, 7) is 8.21. The number of carbonyl (C=O) groups excluding carboxylic acids is 2. The van der Waals surface area contributed by atoms with Gasteiger partial charge in [-0.15, -0.1) is 0 Å². The van der Waals surface area contributed by atoms with Crippen molar-refractivity contribution >= 4 is 17.5 Å². The van der Waals surface area contributed by atoms with Crippen molar-refractivity contribution in [3.05, 3.63) is 23.8 Å². The molecule has 0 radical (unpaired) electrons. The van der Waals surface area contributed by atoms with Crippen LogP contribution in [-0.2, 0) is 9.59 Å². The third kappa shape index (κ3) is 3.93. The summed E-state index contributed by atoms with van der Waals surface area (Å²) in [6, 6.07) is 5.58. The molecule has 0 aromatic heterocycles. The maximum Gasteiger partial charge on any atom is 0.278 e. The van der Waals surface area contributed by atoms with Crippen molar-refractivity contribution in [1.82, 2.24) is 15.1 Å². The summed E-state index contributed by atoms with van der Waals surface area (Å²) >= 11 is 0. The molecule has 7 heteroatoms. The molecule has 164 valence electrons. The highest BCUT2D eigenvalue weighted by Crippen LogP contribution is 2.36. The molecule has 1 unspecified atom stereocenters. The second kappa shape index (κ2) is 8.19. The standard InChI is InChI=1S/C23H34N4O3/c1-17-7-8-19-18(15-17)25-21(29)22(2,30-19)20(28)24-16-23(9-5-4-6-10-23)27-13-11-26(3)12-14-27/h7-8,15H,4-6,9-14,16H2,1-3H3,(H,24,28)(H,25,29). The van der Waals surface area contributed by atoms with Gasteiger partial charge in [0, 0.05) is 38.3 Å². The summed E-state index contributed by atoms with van der Waals surface area (Å²) in [5, 5.41) is 5.95. The summed E-state index contributed by atoms with van der Waals surface area (Å²) in [7, 11) is 2.16. The first kappa shape index (κ1) is 21.1. The van der Waals surface area contributed by atoms with Crippen molar-refractivity contribution in [1.29, 1.82) is 0 Å². The van der Waals surface area contributed by atoms with Gasteiger partial charge < -0.3 is 20.3 Å². The van der Waals surface area contributed by atoms with Crippen molar-refractivity contribution in [3.8, 4) is 5.75 Å². The number of likely N-dealkylation sites (N-methyl/N-ethyl adjacent to an activating group) is 1. The van der Waals surface area contributed by atoms with E-state index in [0.717, 1.165) is 44.6 Å². The summed E-state index contributed by atoms with van der Waals surface area (Å²) in [5.74, 6) is -0.259. The van der Waals surface area contributed by atoms with Gasteiger partial charge in [-0.1, -0.05) is 25.3 Å². The molecule has 1 aromatic rings. The van der Waals surface area contributed by atoms with E-state index in [4.69, 9.17) is 4.74 Å². The van der Waals surface area contributed by atoms with Gasteiger partial charge in [-0.05, 0) is 51.4 Å². The van der Waals surface area contributed by atoms with Gasteiger partial charge >= 0.3 is 0 Å². The van der Waals surface area contributed by atoms with E-state index in [9.17, 15) is 9.59 Å². The summed E-state index contributed by atoms with van der Waals surface area (Å²) < 4.78 is 5.94. The molecule has 1 aliphatic carbocycles. The Labute approximate surface area is 179 Å². The van der Waals surface area contributed by atoms with Crippen LogP contribution in [0.2, 0.25) is 0 Å². The van der Waals surface area contributed by atoms with Crippen molar-refractivity contribution in [2.45, 2.75) is 57.1 Å². The lowest BCUT2D eigenvalue weighted by Gasteiger charge is -2.50. The van der Waals surface area contributed by atoms with Crippen LogP contribution in [0.1, 0.15) is 44.6 Å². The number of rotatable bonds is 4. The van der Waals surface area contributed by atoms with Gasteiger partial charge in [-0.25, -0.2) is 0 Å². The monoisotopic (exact) mass is 414 g/mol. The lowest BCUT2D eigenvalue weighted by Crippen LogP contribution is -2.64. The number of piperazine rings is 1. The Hall–Kier alpha value is -2.12. The molecule has 1 saturated heterocycles. The Morgan fingerprint density at radius 3 is 2.57 bits per heavy atom. The summed E-state index contributed by atoms with van der Waals surface area (Å²) in [5.41, 5.74) is 0.0509. The molecule has 2 fully saturated rings. The zero-order valence-electron chi connectivity index (χ0n) is 18.4. The fourth-order valence-electron chi connectivity index (χ4n) is 5.00. The predicted octanol–water partition coefficient (Wildman–Crippen LogP) is 2.15. The molecule has 3 aliphatic rings. The Bertz CT molecular complexity index is 813. The molecule has 0 bridgehead atoms. The molecule has 2 amide bonds. The zero-order valence-corrected chi connectivity index (χ0v) is 18.4. The van der Waals surface area contributed by atoms with Crippen LogP contribution in [-0.4, -0.2) is 72.5 Å². The SMILES string of the molecule is Cc1ccc2c(c1)NC(=O)C(C)(C(=O)NCC1(N3CCN(C)CC3)CCCCC1)O2. The molecule has 1 saturated carbocycles. The first-order valence-corrected chi connectivity index (χ1v) is 11.2. The molecule has 2 aliphatic heterocycles. The van der Waals surface area contributed by atoms with Gasteiger partial charge in [0.2, 0.25) is 0 Å². The summed E-state index contributed by atoms with van der Waals surface area (Å²) in [6.07, 6.45) is 5.79. The van der Waals surface area contributed by atoms with Crippen LogP contribution in [0.5, 0.6) is 5.75 Å². The zero-order chi connectivity index (χ0) is 21.4. The topological polar surface area (TPSA) is 73.9 Å². The molecule has 30 heavy (non-hydrogen) atoms. The maximum atomic E-state index is 13.2. The highest BCUT2D eigenvalue weighted by atomic mass is 16.5. The quantitative estimate of drug-likeness (QED) is 0.739. The number of hydrogen-bond donors (Lipinski definition) is 2. The molecule has 4 rings (SSSR count). The molecular formula is C23H34N4O3. The van der Waals surface area contributed by atoms with Gasteiger partial charge in [0.15, 0.2) is 0 Å². The van der Waals surface area contributed by atoms with Crippen molar-refractivity contribution in [2.24, 2.45) is 0 Å². The van der Waals surface area contributed by atoms with Crippen LogP contribution >= 0.6 is 0 Å². The number of aryl methyl sites for hydroxylation is 1. The number of amides is 2. The van der Waals surface area contributed by atoms with E-state index < -0.39 is 11.5 Å². The predicted molar refractivity (Wildman–Crippen MR) is 117 cm³/mol. The van der Waals surface area contributed by atoms with E-state index in [-0.39, 0.29) is 11.4 Å². The lowest BCUT2D eigenvalue weighted by molar-refractivity contribution is -0.147. The molecular weight excluding hydrogens is 380 g/mol. The van der Waals surface area contributed by atoms with E-state index >= 15 is 0 Å². The highest BCUT2D eigenvalue weighted by molar-refractivity contribution is 6.15. The normalized spacial score (nSPS) is 27.0. The van der Waals surface area contributed by atoms with Gasteiger partial charge in [0.1, 0.15) is 5.75 Å². The molecule has 7 nitrogen and oxygen atoms in total. The number of hydrogen-bond acceptors (Lipinski definition) is 5. The largest absolute Gasteiger partial charge is 0.466 e. The maximum absolute atomic E-state index is 13.2. The number of benzene rings is 1. The third-order valence-corrected chi connectivity index (χ3v) is 7.10. The molecule has 1 atom stereocenters. The number of carbonyl (C=O) groups is 2. The van der Waals surface area contributed by atoms with Crippen LogP contribution in [0.4, 0.5) is 5.69 Å². The number of anilines is 1. The third-order valence-electron chi connectivity index (χ3n) is 7.10. The average molecular weight is 415 g/mol. The van der Waals surface area contributed by atoms with Crippen LogP contribution in [0.15, 0.2) is 18.2 Å². The Morgan fingerprint density at radius 2 is 1.87 bits per heavy atom. The first-order valence-electron chi connectivity index (χ1n) is 11.2. The Kier molecular flexibility index (Phi) is 5.77. The van der Waals surface area contributed by atoms with E-state index in [2.05, 4.69) is 27.5 Å². The molecule has 2 heterocycles. The lowest BCUT2D eigenvalue weighted by atomic mass is 9.79. The van der Waals surface area contributed by atoms with Crippen LogP contribution in [0.25, 0.3) is 0 Å². The molecule has 2 N–H and O–H groups in total. The summed E-state index contributed by atoms with van der Waals surface area (Å²) in [4.78, 5) is 30.9. The van der Waals surface area contributed by atoms with E-state index in [1.54, 1.807) is 6.92 Å². The van der Waals surface area contributed by atoms with Crippen molar-refractivity contribution in [2.75, 3.05) is 45.1 Å². The molecule has 0 spiro atoms. The van der Waals surface area contributed by atoms with Crippen LogP contribution < -0.4 is 15.4 Å². The van der Waals surface area contributed by atoms with Gasteiger partial charge in [0.05, 0.1) is 5.69 Å². The minimum Gasteiger partial charge on any atom is -0.466 e. The van der Waals surface area contributed by atoms with Crippen LogP contribution in [0, 0.1) is 6.92 Å². The van der Waals surface area contributed by atoms with Gasteiger partial charge in [-0.2, -0.15) is 0 Å². The second-order valence-electron chi connectivity index (χ2n) is 9.35. The van der Waals surface area contributed by atoms with Crippen LogP contribution in [0.3, 0.4) is 0 Å². The Balaban J connectivity index is 1.48. The van der Waals surface area contributed by atoms with Gasteiger partial charge in [0.25, 0.3) is 17.4 Å². The van der Waals surface area contributed by atoms with E-state index in [1.807, 2.05) is 25.1 Å².